The van der Waals surface area contributed by atoms with Gasteiger partial charge in [-0.05, 0) is 44.2 Å². The molecular weight excluding hydrogens is 330 g/mol. The quantitative estimate of drug-likeness (QED) is 0.834. The minimum absolute atomic E-state index is 0.278. The summed E-state index contributed by atoms with van der Waals surface area (Å²) in [7, 11) is 1.47. The fourth-order valence-electron chi connectivity index (χ4n) is 2.07. The molecule has 0 radical (unpaired) electrons. The highest BCUT2D eigenvalue weighted by molar-refractivity contribution is 6.30. The van der Waals surface area contributed by atoms with Gasteiger partial charge in [0, 0.05) is 10.7 Å². The van der Waals surface area contributed by atoms with Crippen LogP contribution in [0, 0.1) is 6.92 Å². The number of hydrogen-bond donors (Lipinski definition) is 1. The predicted molar refractivity (Wildman–Crippen MR) is 92.7 cm³/mol. The molecule has 0 bridgehead atoms. The van der Waals surface area contributed by atoms with E-state index in [1.807, 2.05) is 13.0 Å². The fraction of sp³-hybridized carbons (Fsp3) is 0.222. The molecule has 2 aromatic carbocycles. The van der Waals surface area contributed by atoms with Crippen molar-refractivity contribution in [2.45, 2.75) is 20.0 Å². The van der Waals surface area contributed by atoms with E-state index in [9.17, 15) is 9.59 Å². The Kier molecular flexibility index (Phi) is 5.82. The molecule has 24 heavy (non-hydrogen) atoms. The molecule has 2 rings (SSSR count). The minimum atomic E-state index is -0.971. The van der Waals surface area contributed by atoms with Gasteiger partial charge in [-0.15, -0.1) is 0 Å². The Bertz CT molecular complexity index is 760. The molecule has 1 amide bonds. The third kappa shape index (κ3) is 4.49. The minimum Gasteiger partial charge on any atom is -0.496 e. The molecule has 1 atom stereocenters. The Morgan fingerprint density at radius 3 is 2.58 bits per heavy atom. The van der Waals surface area contributed by atoms with Crippen molar-refractivity contribution in [2.24, 2.45) is 0 Å². The molecule has 5 nitrogen and oxygen atoms in total. The van der Waals surface area contributed by atoms with E-state index >= 15 is 0 Å². The molecule has 0 unspecified atom stereocenters. The normalized spacial score (nSPS) is 11.5. The smallest absolute Gasteiger partial charge is 0.342 e. The van der Waals surface area contributed by atoms with Crippen LogP contribution < -0.4 is 10.1 Å². The summed E-state index contributed by atoms with van der Waals surface area (Å²) in [5.74, 6) is -0.672. The zero-order chi connectivity index (χ0) is 17.7. The standard InChI is InChI=1S/C18H18ClNO4/c1-11-7-8-16(23-3)15(9-11)18(22)24-12(2)17(21)20-14-6-4-5-13(19)10-14/h4-10,12H,1-3H3,(H,20,21)/t12-/m1/s1. The number of halogens is 1. The summed E-state index contributed by atoms with van der Waals surface area (Å²) in [6.45, 7) is 3.35. The van der Waals surface area contributed by atoms with Gasteiger partial charge in [-0.1, -0.05) is 29.3 Å². The van der Waals surface area contributed by atoms with E-state index in [1.165, 1.54) is 14.0 Å². The lowest BCUT2D eigenvalue weighted by Gasteiger charge is -2.15. The first kappa shape index (κ1) is 17.8. The van der Waals surface area contributed by atoms with Crippen molar-refractivity contribution in [1.82, 2.24) is 0 Å². The van der Waals surface area contributed by atoms with E-state index in [1.54, 1.807) is 36.4 Å². The molecule has 0 aliphatic carbocycles. The van der Waals surface area contributed by atoms with Crippen LogP contribution in [-0.4, -0.2) is 25.1 Å². The topological polar surface area (TPSA) is 64.6 Å². The van der Waals surface area contributed by atoms with E-state index in [0.717, 1.165) is 5.56 Å². The molecule has 0 aliphatic rings. The van der Waals surface area contributed by atoms with Gasteiger partial charge in [0.15, 0.2) is 6.10 Å². The Morgan fingerprint density at radius 2 is 1.92 bits per heavy atom. The first-order valence-corrected chi connectivity index (χ1v) is 7.70. The van der Waals surface area contributed by atoms with Crippen LogP contribution in [0.4, 0.5) is 5.69 Å². The highest BCUT2D eigenvalue weighted by Gasteiger charge is 2.21. The van der Waals surface area contributed by atoms with Crippen molar-refractivity contribution in [3.05, 3.63) is 58.6 Å². The van der Waals surface area contributed by atoms with Gasteiger partial charge in [-0.2, -0.15) is 0 Å². The highest BCUT2D eigenvalue weighted by atomic mass is 35.5. The lowest BCUT2D eigenvalue weighted by atomic mass is 10.1. The SMILES string of the molecule is COc1ccc(C)cc1C(=O)O[C@H](C)C(=O)Nc1cccc(Cl)c1. The Labute approximate surface area is 145 Å². The van der Waals surface area contributed by atoms with Crippen molar-refractivity contribution in [3.8, 4) is 5.75 Å². The molecule has 0 saturated carbocycles. The number of hydrogen-bond acceptors (Lipinski definition) is 4. The molecule has 6 heteroatoms. The lowest BCUT2D eigenvalue weighted by molar-refractivity contribution is -0.123. The van der Waals surface area contributed by atoms with E-state index < -0.39 is 18.0 Å². The van der Waals surface area contributed by atoms with E-state index in [-0.39, 0.29) is 5.56 Å². The number of anilines is 1. The van der Waals surface area contributed by atoms with Gasteiger partial charge in [0.2, 0.25) is 0 Å². The number of rotatable bonds is 5. The largest absolute Gasteiger partial charge is 0.496 e. The van der Waals surface area contributed by atoms with Gasteiger partial charge in [0.1, 0.15) is 11.3 Å². The average Bonchev–Trinajstić information content (AvgIpc) is 2.54. The average molecular weight is 348 g/mol. The number of methoxy groups -OCH3 is 1. The highest BCUT2D eigenvalue weighted by Crippen LogP contribution is 2.21. The van der Waals surface area contributed by atoms with Gasteiger partial charge in [0.05, 0.1) is 7.11 Å². The first-order chi connectivity index (χ1) is 11.4. The number of carbonyl (C=O) groups excluding carboxylic acids is 2. The first-order valence-electron chi connectivity index (χ1n) is 7.32. The number of aryl methyl sites for hydroxylation is 1. The predicted octanol–water partition coefficient (Wildman–Crippen LogP) is 3.84. The maximum Gasteiger partial charge on any atom is 0.342 e. The molecule has 126 valence electrons. The maximum atomic E-state index is 12.3. The number of amides is 1. The summed E-state index contributed by atoms with van der Waals surface area (Å²) in [6.07, 6.45) is -0.971. The molecule has 1 N–H and O–H groups in total. The van der Waals surface area contributed by atoms with Crippen LogP contribution in [0.25, 0.3) is 0 Å². The lowest BCUT2D eigenvalue weighted by Crippen LogP contribution is -2.30. The molecule has 0 heterocycles. The molecule has 0 aromatic heterocycles. The van der Waals surface area contributed by atoms with Gasteiger partial charge in [-0.3, -0.25) is 4.79 Å². The number of carbonyl (C=O) groups is 2. The van der Waals surface area contributed by atoms with Gasteiger partial charge >= 0.3 is 5.97 Å². The van der Waals surface area contributed by atoms with Crippen molar-refractivity contribution >= 4 is 29.2 Å². The van der Waals surface area contributed by atoms with Gasteiger partial charge in [0.25, 0.3) is 5.91 Å². The molecule has 0 saturated heterocycles. The van der Waals surface area contributed by atoms with Crippen molar-refractivity contribution in [2.75, 3.05) is 12.4 Å². The van der Waals surface area contributed by atoms with Crippen LogP contribution in [0.5, 0.6) is 5.75 Å². The Balaban J connectivity index is 2.06. The summed E-state index contributed by atoms with van der Waals surface area (Å²) >= 11 is 5.87. The summed E-state index contributed by atoms with van der Waals surface area (Å²) in [5, 5.41) is 3.15. The third-order valence-corrected chi connectivity index (χ3v) is 3.56. The number of ether oxygens (including phenoxy) is 2. The van der Waals surface area contributed by atoms with Gasteiger partial charge in [-0.25, -0.2) is 4.79 Å². The maximum absolute atomic E-state index is 12.3. The number of esters is 1. The zero-order valence-corrected chi connectivity index (χ0v) is 14.4. The van der Waals surface area contributed by atoms with Crippen LogP contribution in [0.2, 0.25) is 5.02 Å². The summed E-state index contributed by atoms with van der Waals surface area (Å²) in [4.78, 5) is 24.4. The van der Waals surface area contributed by atoms with Crippen LogP contribution in [0.1, 0.15) is 22.8 Å². The summed E-state index contributed by atoms with van der Waals surface area (Å²) < 4.78 is 10.4. The van der Waals surface area contributed by atoms with Crippen molar-refractivity contribution < 1.29 is 19.1 Å². The van der Waals surface area contributed by atoms with Gasteiger partial charge < -0.3 is 14.8 Å². The molecule has 0 fully saturated rings. The van der Waals surface area contributed by atoms with Crippen LogP contribution >= 0.6 is 11.6 Å². The van der Waals surface area contributed by atoms with Crippen LogP contribution in [0.15, 0.2) is 42.5 Å². The summed E-state index contributed by atoms with van der Waals surface area (Å²) in [5.41, 5.74) is 1.70. The fourth-order valence-corrected chi connectivity index (χ4v) is 2.26. The molecular formula is C18H18ClNO4. The van der Waals surface area contributed by atoms with Crippen LogP contribution in [-0.2, 0) is 9.53 Å². The third-order valence-electron chi connectivity index (χ3n) is 3.32. The van der Waals surface area contributed by atoms with Crippen LogP contribution in [0.3, 0.4) is 0 Å². The molecule has 0 aliphatic heterocycles. The second kappa shape index (κ2) is 7.84. The van der Waals surface area contributed by atoms with Crippen molar-refractivity contribution in [3.63, 3.8) is 0 Å². The van der Waals surface area contributed by atoms with E-state index in [0.29, 0.717) is 16.5 Å². The summed E-state index contributed by atoms with van der Waals surface area (Å²) in [6, 6.07) is 11.9. The number of nitrogens with one attached hydrogen (secondary N) is 1. The molecule has 2 aromatic rings. The Hall–Kier alpha value is -2.53. The number of benzene rings is 2. The molecule has 0 spiro atoms. The van der Waals surface area contributed by atoms with E-state index in [2.05, 4.69) is 5.32 Å². The Morgan fingerprint density at radius 1 is 1.17 bits per heavy atom. The zero-order valence-electron chi connectivity index (χ0n) is 13.6. The monoisotopic (exact) mass is 347 g/mol. The van der Waals surface area contributed by atoms with Crippen molar-refractivity contribution in [1.29, 1.82) is 0 Å². The van der Waals surface area contributed by atoms with E-state index in [4.69, 9.17) is 21.1 Å². The second-order valence-corrected chi connectivity index (χ2v) is 5.69. The second-order valence-electron chi connectivity index (χ2n) is 5.25.